The van der Waals surface area contributed by atoms with E-state index in [1.54, 1.807) is 18.2 Å². The molecule has 0 unspecified atom stereocenters. The average molecular weight is 193 g/mol. The predicted octanol–water partition coefficient (Wildman–Crippen LogP) is 1.26. The van der Waals surface area contributed by atoms with Crippen molar-refractivity contribution in [2.75, 3.05) is 6.61 Å². The fourth-order valence-electron chi connectivity index (χ4n) is 0.838. The van der Waals surface area contributed by atoms with E-state index in [4.69, 9.17) is 10.0 Å². The standard InChI is InChI=1S/C9H11N3O2/c1-2-14-11-7-9-5-3-4-8(12-9)6-10-13/h3-7,13H,2H2,1H3/b10-6+,11-7+. The van der Waals surface area contributed by atoms with Crippen LogP contribution >= 0.6 is 0 Å². The van der Waals surface area contributed by atoms with Gasteiger partial charge in [0.2, 0.25) is 0 Å². The lowest BCUT2D eigenvalue weighted by Crippen LogP contribution is -1.93. The van der Waals surface area contributed by atoms with Crippen LogP contribution in [0.4, 0.5) is 0 Å². The molecule has 14 heavy (non-hydrogen) atoms. The van der Waals surface area contributed by atoms with Crippen LogP contribution in [0.1, 0.15) is 18.3 Å². The first-order valence-corrected chi connectivity index (χ1v) is 4.16. The van der Waals surface area contributed by atoms with Gasteiger partial charge in [-0.05, 0) is 19.1 Å². The Morgan fingerprint density at radius 2 is 2.14 bits per heavy atom. The van der Waals surface area contributed by atoms with E-state index in [1.165, 1.54) is 12.4 Å². The van der Waals surface area contributed by atoms with E-state index in [1.807, 2.05) is 6.92 Å². The third-order valence-electron chi connectivity index (χ3n) is 1.37. The topological polar surface area (TPSA) is 67.1 Å². The molecule has 0 atom stereocenters. The molecule has 5 nitrogen and oxygen atoms in total. The average Bonchev–Trinajstić information content (AvgIpc) is 2.19. The molecule has 5 heteroatoms. The molecule has 1 aromatic heterocycles. The van der Waals surface area contributed by atoms with Gasteiger partial charge in [0.1, 0.15) is 6.61 Å². The van der Waals surface area contributed by atoms with Gasteiger partial charge in [-0.1, -0.05) is 16.4 Å². The van der Waals surface area contributed by atoms with E-state index >= 15 is 0 Å². The van der Waals surface area contributed by atoms with Gasteiger partial charge in [0.25, 0.3) is 0 Å². The minimum Gasteiger partial charge on any atom is -0.411 e. The maximum atomic E-state index is 8.30. The van der Waals surface area contributed by atoms with Crippen LogP contribution in [0.25, 0.3) is 0 Å². The highest BCUT2D eigenvalue weighted by Crippen LogP contribution is 1.94. The van der Waals surface area contributed by atoms with Crippen LogP contribution in [0.5, 0.6) is 0 Å². The minimum atomic E-state index is 0.522. The molecule has 0 aliphatic rings. The maximum Gasteiger partial charge on any atom is 0.114 e. The summed E-state index contributed by atoms with van der Waals surface area (Å²) in [4.78, 5) is 8.88. The van der Waals surface area contributed by atoms with Crippen molar-refractivity contribution in [2.24, 2.45) is 10.3 Å². The molecule has 0 aliphatic heterocycles. The third kappa shape index (κ3) is 3.22. The summed E-state index contributed by atoms with van der Waals surface area (Å²) in [5.41, 5.74) is 1.21. The highest BCUT2D eigenvalue weighted by molar-refractivity contribution is 5.81. The summed E-state index contributed by atoms with van der Waals surface area (Å²) < 4.78 is 0. The van der Waals surface area contributed by atoms with Crippen molar-refractivity contribution in [3.63, 3.8) is 0 Å². The van der Waals surface area contributed by atoms with Crippen LogP contribution in [0.15, 0.2) is 28.5 Å². The Kier molecular flexibility index (Phi) is 4.13. The molecule has 0 bridgehead atoms. The molecule has 0 aromatic carbocycles. The number of oxime groups is 2. The molecule has 0 spiro atoms. The zero-order chi connectivity index (χ0) is 10.2. The highest BCUT2D eigenvalue weighted by atomic mass is 16.6. The van der Waals surface area contributed by atoms with E-state index in [2.05, 4.69) is 15.3 Å². The summed E-state index contributed by atoms with van der Waals surface area (Å²) >= 11 is 0. The normalized spacial score (nSPS) is 11.2. The fraction of sp³-hybridized carbons (Fsp3) is 0.222. The number of aromatic nitrogens is 1. The molecule has 1 heterocycles. The van der Waals surface area contributed by atoms with E-state index in [-0.39, 0.29) is 0 Å². The van der Waals surface area contributed by atoms with Gasteiger partial charge in [-0.25, -0.2) is 4.98 Å². The molecule has 0 saturated heterocycles. The SMILES string of the molecule is CCO/N=C/c1cccc(/C=N/O)n1. The van der Waals surface area contributed by atoms with Gasteiger partial charge in [0.05, 0.1) is 23.8 Å². The monoisotopic (exact) mass is 193 g/mol. The molecule has 0 radical (unpaired) electrons. The molecule has 0 saturated carbocycles. The Labute approximate surface area is 81.7 Å². The molecule has 0 fully saturated rings. The second-order valence-corrected chi connectivity index (χ2v) is 2.38. The van der Waals surface area contributed by atoms with Crippen molar-refractivity contribution in [2.45, 2.75) is 6.92 Å². The third-order valence-corrected chi connectivity index (χ3v) is 1.37. The first-order chi connectivity index (χ1) is 6.86. The summed E-state index contributed by atoms with van der Waals surface area (Å²) in [5, 5.41) is 14.8. The summed E-state index contributed by atoms with van der Waals surface area (Å²) in [7, 11) is 0. The van der Waals surface area contributed by atoms with Gasteiger partial charge >= 0.3 is 0 Å². The van der Waals surface area contributed by atoms with Crippen LogP contribution in [-0.2, 0) is 4.84 Å². The van der Waals surface area contributed by atoms with E-state index in [0.717, 1.165) is 0 Å². The van der Waals surface area contributed by atoms with Crippen LogP contribution in [0, 0.1) is 0 Å². The van der Waals surface area contributed by atoms with Gasteiger partial charge in [-0.15, -0.1) is 0 Å². The number of nitrogens with zero attached hydrogens (tertiary/aromatic N) is 3. The number of hydrogen-bond donors (Lipinski definition) is 1. The Bertz CT molecular complexity index is 337. The molecule has 74 valence electrons. The van der Waals surface area contributed by atoms with Gasteiger partial charge in [0, 0.05) is 0 Å². The van der Waals surface area contributed by atoms with Crippen LogP contribution in [0.3, 0.4) is 0 Å². The molecular weight excluding hydrogens is 182 g/mol. The molecule has 1 N–H and O–H groups in total. The second kappa shape index (κ2) is 5.69. The van der Waals surface area contributed by atoms with Crippen molar-refractivity contribution < 1.29 is 10.0 Å². The number of pyridine rings is 1. The zero-order valence-electron chi connectivity index (χ0n) is 7.79. The Morgan fingerprint density at radius 3 is 2.79 bits per heavy atom. The van der Waals surface area contributed by atoms with E-state index in [9.17, 15) is 0 Å². The lowest BCUT2D eigenvalue weighted by molar-refractivity contribution is 0.160. The summed E-state index contributed by atoms with van der Waals surface area (Å²) in [6.45, 7) is 2.37. The largest absolute Gasteiger partial charge is 0.411 e. The molecule has 0 amide bonds. The lowest BCUT2D eigenvalue weighted by atomic mass is 10.3. The van der Waals surface area contributed by atoms with Crippen molar-refractivity contribution in [3.8, 4) is 0 Å². The molecule has 0 aliphatic carbocycles. The van der Waals surface area contributed by atoms with E-state index < -0.39 is 0 Å². The Balaban J connectivity index is 2.73. The van der Waals surface area contributed by atoms with Crippen LogP contribution in [-0.4, -0.2) is 29.2 Å². The van der Waals surface area contributed by atoms with Gasteiger partial charge < -0.3 is 10.0 Å². The van der Waals surface area contributed by atoms with Crippen molar-refractivity contribution in [3.05, 3.63) is 29.6 Å². The first-order valence-electron chi connectivity index (χ1n) is 4.16. The van der Waals surface area contributed by atoms with Crippen molar-refractivity contribution >= 4 is 12.4 Å². The van der Waals surface area contributed by atoms with Crippen molar-refractivity contribution in [1.29, 1.82) is 0 Å². The fourth-order valence-corrected chi connectivity index (χ4v) is 0.838. The summed E-state index contributed by atoms with van der Waals surface area (Å²) in [6.07, 6.45) is 2.75. The second-order valence-electron chi connectivity index (χ2n) is 2.38. The predicted molar refractivity (Wildman–Crippen MR) is 52.8 cm³/mol. The highest BCUT2D eigenvalue weighted by Gasteiger charge is 1.92. The molecular formula is C9H11N3O2. The van der Waals surface area contributed by atoms with Crippen LogP contribution in [0.2, 0.25) is 0 Å². The van der Waals surface area contributed by atoms with Gasteiger partial charge in [0.15, 0.2) is 0 Å². The van der Waals surface area contributed by atoms with Gasteiger partial charge in [-0.3, -0.25) is 0 Å². The Morgan fingerprint density at radius 1 is 1.43 bits per heavy atom. The first kappa shape index (κ1) is 10.2. The van der Waals surface area contributed by atoms with Gasteiger partial charge in [-0.2, -0.15) is 0 Å². The van der Waals surface area contributed by atoms with Crippen molar-refractivity contribution in [1.82, 2.24) is 4.98 Å². The van der Waals surface area contributed by atoms with Crippen LogP contribution < -0.4 is 0 Å². The number of hydrogen-bond acceptors (Lipinski definition) is 5. The maximum absolute atomic E-state index is 8.30. The number of rotatable bonds is 4. The quantitative estimate of drug-likeness (QED) is 0.444. The minimum absolute atomic E-state index is 0.522. The molecule has 1 rings (SSSR count). The Hall–Kier alpha value is -1.91. The summed E-state index contributed by atoms with van der Waals surface area (Å²) in [5.74, 6) is 0. The smallest absolute Gasteiger partial charge is 0.114 e. The molecule has 1 aromatic rings. The lowest BCUT2D eigenvalue weighted by Gasteiger charge is -1.94. The zero-order valence-corrected chi connectivity index (χ0v) is 7.79. The van der Waals surface area contributed by atoms with E-state index in [0.29, 0.717) is 18.0 Å². The summed E-state index contributed by atoms with van der Waals surface area (Å²) in [6, 6.07) is 5.28.